The molecule has 2 aromatic heterocycles. The lowest BCUT2D eigenvalue weighted by atomic mass is 10.1. The Morgan fingerprint density at radius 2 is 2.00 bits per heavy atom. The molecule has 0 aliphatic heterocycles. The fourth-order valence-corrected chi connectivity index (χ4v) is 2.48. The third-order valence-corrected chi connectivity index (χ3v) is 3.45. The van der Waals surface area contributed by atoms with Crippen LogP contribution in [0.2, 0.25) is 0 Å². The molecule has 2 heterocycles. The number of nitrogens with one attached hydrogen (secondary N) is 1. The maximum Gasteiger partial charge on any atom is 0.258 e. The lowest BCUT2D eigenvalue weighted by molar-refractivity contribution is -0.123. The van der Waals surface area contributed by atoms with Gasteiger partial charge < -0.3 is 14.5 Å². The summed E-state index contributed by atoms with van der Waals surface area (Å²) in [6.07, 6.45) is 3.83. The van der Waals surface area contributed by atoms with Crippen molar-refractivity contribution in [3.8, 4) is 5.75 Å². The van der Waals surface area contributed by atoms with Gasteiger partial charge in [-0.05, 0) is 49.2 Å². The number of nitrogens with zero attached hydrogens (tertiary/aromatic N) is 2. The minimum absolute atomic E-state index is 0.00371. The summed E-state index contributed by atoms with van der Waals surface area (Å²) in [5.41, 5.74) is 3.91. The quantitative estimate of drug-likeness (QED) is 0.788. The van der Waals surface area contributed by atoms with Crippen LogP contribution in [0, 0.1) is 13.8 Å². The van der Waals surface area contributed by atoms with E-state index in [2.05, 4.69) is 16.4 Å². The lowest BCUT2D eigenvalue weighted by Crippen LogP contribution is -2.28. The molecule has 5 nitrogen and oxygen atoms in total. The van der Waals surface area contributed by atoms with Crippen LogP contribution in [0.3, 0.4) is 0 Å². The van der Waals surface area contributed by atoms with E-state index in [9.17, 15) is 4.79 Å². The zero-order chi connectivity index (χ0) is 16.2. The Morgan fingerprint density at radius 1 is 1.22 bits per heavy atom. The second-order valence-corrected chi connectivity index (χ2v) is 5.59. The van der Waals surface area contributed by atoms with Crippen LogP contribution in [0.15, 0.2) is 48.8 Å². The number of imidazole rings is 1. The highest BCUT2D eigenvalue weighted by Gasteiger charge is 2.06. The van der Waals surface area contributed by atoms with E-state index in [1.807, 2.05) is 61.0 Å². The average Bonchev–Trinajstić information content (AvgIpc) is 2.93. The summed E-state index contributed by atoms with van der Waals surface area (Å²) >= 11 is 0. The number of aryl methyl sites for hydroxylation is 2. The third kappa shape index (κ3) is 3.88. The molecular formula is C18H19N3O2. The van der Waals surface area contributed by atoms with Gasteiger partial charge in [-0.15, -0.1) is 0 Å². The van der Waals surface area contributed by atoms with Gasteiger partial charge in [0.2, 0.25) is 0 Å². The van der Waals surface area contributed by atoms with Gasteiger partial charge in [-0.1, -0.05) is 12.1 Å². The third-order valence-electron chi connectivity index (χ3n) is 3.45. The zero-order valence-electron chi connectivity index (χ0n) is 13.2. The van der Waals surface area contributed by atoms with Gasteiger partial charge in [0.15, 0.2) is 6.61 Å². The van der Waals surface area contributed by atoms with Crippen LogP contribution in [-0.4, -0.2) is 21.9 Å². The lowest BCUT2D eigenvalue weighted by Gasteiger charge is -2.08. The van der Waals surface area contributed by atoms with E-state index >= 15 is 0 Å². The molecule has 23 heavy (non-hydrogen) atoms. The first-order valence-electron chi connectivity index (χ1n) is 7.50. The second kappa shape index (κ2) is 6.52. The van der Waals surface area contributed by atoms with Crippen molar-refractivity contribution < 1.29 is 9.53 Å². The summed E-state index contributed by atoms with van der Waals surface area (Å²) < 4.78 is 7.46. The molecule has 0 spiro atoms. The van der Waals surface area contributed by atoms with E-state index in [1.54, 1.807) is 0 Å². The maximum absolute atomic E-state index is 11.9. The largest absolute Gasteiger partial charge is 0.484 e. The molecule has 3 rings (SSSR count). The molecule has 0 aliphatic carbocycles. The Hall–Kier alpha value is -2.82. The zero-order valence-corrected chi connectivity index (χ0v) is 13.2. The number of amides is 1. The first kappa shape index (κ1) is 15.1. The Morgan fingerprint density at radius 3 is 2.74 bits per heavy atom. The first-order chi connectivity index (χ1) is 11.1. The molecule has 0 atom stereocenters. The molecule has 0 radical (unpaired) electrons. The molecule has 0 bridgehead atoms. The highest BCUT2D eigenvalue weighted by molar-refractivity contribution is 5.77. The van der Waals surface area contributed by atoms with Crippen LogP contribution < -0.4 is 10.1 Å². The molecule has 5 heteroatoms. The van der Waals surface area contributed by atoms with Gasteiger partial charge in [0, 0.05) is 12.4 Å². The van der Waals surface area contributed by atoms with E-state index in [0.717, 1.165) is 22.5 Å². The summed E-state index contributed by atoms with van der Waals surface area (Å²) in [6.45, 7) is 4.39. The number of pyridine rings is 1. The van der Waals surface area contributed by atoms with Crippen molar-refractivity contribution in [2.24, 2.45) is 0 Å². The molecule has 1 N–H and O–H groups in total. The van der Waals surface area contributed by atoms with Crippen molar-refractivity contribution in [1.29, 1.82) is 0 Å². The maximum atomic E-state index is 11.9. The number of carbonyl (C=O) groups excluding carboxylic acids is 1. The van der Waals surface area contributed by atoms with Crippen LogP contribution in [0.4, 0.5) is 0 Å². The van der Waals surface area contributed by atoms with Crippen molar-refractivity contribution in [2.45, 2.75) is 20.4 Å². The fraction of sp³-hybridized carbons (Fsp3) is 0.222. The number of hydrogen-bond acceptors (Lipinski definition) is 3. The minimum Gasteiger partial charge on any atom is -0.484 e. The van der Waals surface area contributed by atoms with Gasteiger partial charge in [-0.25, -0.2) is 4.98 Å². The van der Waals surface area contributed by atoms with Crippen LogP contribution in [-0.2, 0) is 11.3 Å². The predicted octanol–water partition coefficient (Wildman–Crippen LogP) is 2.65. The molecule has 0 saturated heterocycles. The van der Waals surface area contributed by atoms with Gasteiger partial charge in [-0.2, -0.15) is 0 Å². The van der Waals surface area contributed by atoms with Gasteiger partial charge in [0.1, 0.15) is 11.4 Å². The topological polar surface area (TPSA) is 55.6 Å². The first-order valence-corrected chi connectivity index (χ1v) is 7.50. The number of ether oxygens (including phenoxy) is 1. The standard InChI is InChI=1S/C18H19N3O2/c1-13-7-14(2)9-16(8-13)23-12-18(22)19-10-15-11-21-6-4-3-5-17(21)20-15/h3-9,11H,10,12H2,1-2H3,(H,19,22). The van der Waals surface area contributed by atoms with Crippen LogP contribution in [0.1, 0.15) is 16.8 Å². The number of hydrogen-bond donors (Lipinski definition) is 1. The highest BCUT2D eigenvalue weighted by Crippen LogP contribution is 2.15. The molecule has 0 saturated carbocycles. The smallest absolute Gasteiger partial charge is 0.258 e. The monoisotopic (exact) mass is 309 g/mol. The van der Waals surface area contributed by atoms with E-state index < -0.39 is 0 Å². The van der Waals surface area contributed by atoms with Crippen molar-refractivity contribution in [1.82, 2.24) is 14.7 Å². The summed E-state index contributed by atoms with van der Waals surface area (Å²) in [5, 5.41) is 2.82. The molecule has 0 unspecified atom stereocenters. The van der Waals surface area contributed by atoms with Crippen molar-refractivity contribution in [3.63, 3.8) is 0 Å². The molecule has 1 amide bonds. The normalized spacial score (nSPS) is 10.7. The number of carbonyl (C=O) groups is 1. The average molecular weight is 309 g/mol. The van der Waals surface area contributed by atoms with Crippen molar-refractivity contribution >= 4 is 11.6 Å². The molecular weight excluding hydrogens is 290 g/mol. The minimum atomic E-state index is -0.166. The second-order valence-electron chi connectivity index (χ2n) is 5.59. The van der Waals surface area contributed by atoms with E-state index in [0.29, 0.717) is 12.3 Å². The van der Waals surface area contributed by atoms with Gasteiger partial charge in [0.25, 0.3) is 5.91 Å². The summed E-state index contributed by atoms with van der Waals surface area (Å²) in [4.78, 5) is 16.3. The van der Waals surface area contributed by atoms with E-state index in [1.165, 1.54) is 0 Å². The van der Waals surface area contributed by atoms with Crippen LogP contribution in [0.5, 0.6) is 5.75 Å². The van der Waals surface area contributed by atoms with Gasteiger partial charge in [0.05, 0.1) is 12.2 Å². The molecule has 3 aromatic rings. The summed E-state index contributed by atoms with van der Waals surface area (Å²) in [5.74, 6) is 0.548. The Bertz CT molecular complexity index is 786. The molecule has 0 aliphatic rings. The van der Waals surface area contributed by atoms with Crippen molar-refractivity contribution in [3.05, 3.63) is 65.6 Å². The molecule has 1 aromatic carbocycles. The Kier molecular flexibility index (Phi) is 4.28. The fourth-order valence-electron chi connectivity index (χ4n) is 2.48. The van der Waals surface area contributed by atoms with Gasteiger partial charge >= 0.3 is 0 Å². The van der Waals surface area contributed by atoms with E-state index in [-0.39, 0.29) is 12.5 Å². The number of aromatic nitrogens is 2. The number of benzene rings is 1. The Labute approximate surface area is 134 Å². The summed E-state index contributed by atoms with van der Waals surface area (Å²) in [6, 6.07) is 11.7. The Balaban J connectivity index is 1.53. The summed E-state index contributed by atoms with van der Waals surface area (Å²) in [7, 11) is 0. The van der Waals surface area contributed by atoms with E-state index in [4.69, 9.17) is 4.74 Å². The number of fused-ring (bicyclic) bond motifs is 1. The van der Waals surface area contributed by atoms with Crippen LogP contribution in [0.25, 0.3) is 5.65 Å². The number of rotatable bonds is 5. The molecule has 0 fully saturated rings. The van der Waals surface area contributed by atoms with Crippen molar-refractivity contribution in [2.75, 3.05) is 6.61 Å². The SMILES string of the molecule is Cc1cc(C)cc(OCC(=O)NCc2cn3ccccc3n2)c1. The molecule has 118 valence electrons. The highest BCUT2D eigenvalue weighted by atomic mass is 16.5. The van der Waals surface area contributed by atoms with Gasteiger partial charge in [-0.3, -0.25) is 4.79 Å². The predicted molar refractivity (Wildman–Crippen MR) is 88.4 cm³/mol. The van der Waals surface area contributed by atoms with Crippen LogP contribution >= 0.6 is 0 Å².